The van der Waals surface area contributed by atoms with Crippen molar-refractivity contribution in [1.82, 2.24) is 4.98 Å². The third kappa shape index (κ3) is 2.10. The van der Waals surface area contributed by atoms with Gasteiger partial charge in [-0.25, -0.2) is 9.18 Å². The molecule has 2 rings (SSSR count). The molecule has 1 aromatic carbocycles. The van der Waals surface area contributed by atoms with Gasteiger partial charge in [-0.2, -0.15) is 4.98 Å². The van der Waals surface area contributed by atoms with Crippen molar-refractivity contribution in [3.05, 3.63) is 35.8 Å². The van der Waals surface area contributed by atoms with Crippen molar-refractivity contribution in [2.75, 3.05) is 12.4 Å². The lowest BCUT2D eigenvalue weighted by molar-refractivity contribution is 0.0665. The van der Waals surface area contributed by atoms with Gasteiger partial charge in [-0.15, -0.1) is 0 Å². The zero-order valence-electron chi connectivity index (χ0n) is 8.90. The van der Waals surface area contributed by atoms with Crippen LogP contribution in [0.4, 0.5) is 10.4 Å². The summed E-state index contributed by atoms with van der Waals surface area (Å²) in [6.07, 6.45) is 0. The van der Waals surface area contributed by atoms with Crippen LogP contribution in [0.25, 0.3) is 11.3 Å². The van der Waals surface area contributed by atoms with Crippen molar-refractivity contribution in [3.63, 3.8) is 0 Å². The van der Waals surface area contributed by atoms with Crippen LogP contribution in [0.15, 0.2) is 28.7 Å². The first-order valence-corrected chi connectivity index (χ1v) is 4.79. The molecule has 2 aromatic rings. The first-order valence-electron chi connectivity index (χ1n) is 4.79. The first kappa shape index (κ1) is 11.1. The molecule has 0 saturated carbocycles. The van der Waals surface area contributed by atoms with E-state index in [1.54, 1.807) is 13.1 Å². The molecular weight excluding hydrogens is 227 g/mol. The number of carboxylic acid groups (broad SMARTS) is 1. The number of halogens is 1. The fraction of sp³-hybridized carbons (Fsp3) is 0.0909. The monoisotopic (exact) mass is 236 g/mol. The van der Waals surface area contributed by atoms with Crippen molar-refractivity contribution < 1.29 is 18.7 Å². The zero-order chi connectivity index (χ0) is 12.4. The molecule has 0 amide bonds. The molecule has 0 saturated heterocycles. The van der Waals surface area contributed by atoms with Crippen LogP contribution < -0.4 is 5.32 Å². The molecule has 0 fully saturated rings. The molecule has 1 heterocycles. The second-order valence-corrected chi connectivity index (χ2v) is 3.26. The van der Waals surface area contributed by atoms with Crippen molar-refractivity contribution in [2.24, 2.45) is 0 Å². The smallest absolute Gasteiger partial charge is 0.374 e. The molecule has 0 unspecified atom stereocenters. The molecule has 0 spiro atoms. The quantitative estimate of drug-likeness (QED) is 0.854. The van der Waals surface area contributed by atoms with Gasteiger partial charge >= 0.3 is 5.97 Å². The highest BCUT2D eigenvalue weighted by atomic mass is 19.1. The normalized spacial score (nSPS) is 10.2. The summed E-state index contributed by atoms with van der Waals surface area (Å²) in [5.41, 5.74) is 0.453. The van der Waals surface area contributed by atoms with Gasteiger partial charge in [-0.1, -0.05) is 12.1 Å². The van der Waals surface area contributed by atoms with Gasteiger partial charge in [0.15, 0.2) is 0 Å². The Balaban J connectivity index is 2.57. The summed E-state index contributed by atoms with van der Waals surface area (Å²) in [6.45, 7) is 0. The number of anilines is 1. The van der Waals surface area contributed by atoms with Crippen molar-refractivity contribution in [2.45, 2.75) is 0 Å². The van der Waals surface area contributed by atoms with E-state index in [9.17, 15) is 9.18 Å². The van der Waals surface area contributed by atoms with E-state index in [1.807, 2.05) is 0 Å². The Morgan fingerprint density at radius 3 is 2.88 bits per heavy atom. The second kappa shape index (κ2) is 4.25. The van der Waals surface area contributed by atoms with E-state index in [4.69, 9.17) is 9.52 Å². The van der Waals surface area contributed by atoms with Crippen LogP contribution in [-0.4, -0.2) is 23.1 Å². The van der Waals surface area contributed by atoms with Crippen molar-refractivity contribution in [3.8, 4) is 11.3 Å². The van der Waals surface area contributed by atoms with Gasteiger partial charge in [0.25, 0.3) is 6.01 Å². The summed E-state index contributed by atoms with van der Waals surface area (Å²) in [5, 5.41) is 11.5. The largest absolute Gasteiger partial charge is 0.475 e. The van der Waals surface area contributed by atoms with Gasteiger partial charge in [0.2, 0.25) is 5.76 Å². The fourth-order valence-corrected chi connectivity index (χ4v) is 1.40. The van der Waals surface area contributed by atoms with Crippen LogP contribution in [-0.2, 0) is 0 Å². The molecule has 0 atom stereocenters. The fourth-order valence-electron chi connectivity index (χ4n) is 1.40. The molecule has 2 N–H and O–H groups in total. The second-order valence-electron chi connectivity index (χ2n) is 3.26. The molecule has 88 valence electrons. The number of nitrogens with one attached hydrogen (secondary N) is 1. The van der Waals surface area contributed by atoms with Gasteiger partial charge in [-0.3, -0.25) is 0 Å². The Hall–Kier alpha value is -2.37. The molecule has 0 aliphatic heterocycles. The Labute approximate surface area is 95.9 Å². The number of hydrogen-bond donors (Lipinski definition) is 2. The molecule has 0 radical (unpaired) electrons. The number of carbonyl (C=O) groups is 1. The maximum absolute atomic E-state index is 13.1. The van der Waals surface area contributed by atoms with E-state index in [-0.39, 0.29) is 17.5 Å². The topological polar surface area (TPSA) is 75.4 Å². The average molecular weight is 236 g/mol. The minimum atomic E-state index is -1.25. The summed E-state index contributed by atoms with van der Waals surface area (Å²) in [5.74, 6) is -2.04. The third-order valence-corrected chi connectivity index (χ3v) is 2.13. The zero-order valence-corrected chi connectivity index (χ0v) is 8.90. The number of oxazole rings is 1. The Morgan fingerprint density at radius 2 is 2.29 bits per heavy atom. The standard InChI is InChI=1S/C11H9FN2O3/c1-13-11-14-8(9(17-11)10(15)16)6-3-2-4-7(12)5-6/h2-5H,1H3,(H,13,14)(H,15,16). The predicted octanol–water partition coefficient (Wildman–Crippen LogP) is 2.22. The first-order chi connectivity index (χ1) is 8.11. The molecule has 0 aliphatic carbocycles. The minimum Gasteiger partial charge on any atom is -0.475 e. The lowest BCUT2D eigenvalue weighted by Gasteiger charge is -1.97. The summed E-state index contributed by atoms with van der Waals surface area (Å²) in [7, 11) is 1.55. The van der Waals surface area contributed by atoms with Crippen molar-refractivity contribution >= 4 is 12.0 Å². The SMILES string of the molecule is CNc1nc(-c2cccc(F)c2)c(C(=O)O)o1. The number of aromatic carboxylic acids is 1. The summed E-state index contributed by atoms with van der Waals surface area (Å²) < 4.78 is 18.0. The Morgan fingerprint density at radius 1 is 1.53 bits per heavy atom. The van der Waals surface area contributed by atoms with Gasteiger partial charge in [0.05, 0.1) is 0 Å². The van der Waals surface area contributed by atoms with Gasteiger partial charge in [0.1, 0.15) is 11.5 Å². The van der Waals surface area contributed by atoms with E-state index in [0.29, 0.717) is 5.56 Å². The Bertz CT molecular complexity index is 566. The molecule has 0 aliphatic rings. The molecule has 1 aromatic heterocycles. The lowest BCUT2D eigenvalue weighted by atomic mass is 10.1. The van der Waals surface area contributed by atoms with Crippen LogP contribution >= 0.6 is 0 Å². The highest BCUT2D eigenvalue weighted by Gasteiger charge is 2.20. The predicted molar refractivity (Wildman–Crippen MR) is 58.4 cm³/mol. The molecule has 6 heteroatoms. The number of aromatic nitrogens is 1. The number of carboxylic acids is 1. The molecule has 17 heavy (non-hydrogen) atoms. The number of rotatable bonds is 3. The van der Waals surface area contributed by atoms with Crippen LogP contribution in [0.1, 0.15) is 10.6 Å². The van der Waals surface area contributed by atoms with E-state index in [2.05, 4.69) is 10.3 Å². The molecule has 0 bridgehead atoms. The van der Waals surface area contributed by atoms with Gasteiger partial charge in [-0.05, 0) is 12.1 Å². The summed E-state index contributed by atoms with van der Waals surface area (Å²) in [4.78, 5) is 14.9. The molecular formula is C11H9FN2O3. The summed E-state index contributed by atoms with van der Waals surface area (Å²) in [6, 6.07) is 5.57. The van der Waals surface area contributed by atoms with Gasteiger partial charge < -0.3 is 14.8 Å². The average Bonchev–Trinajstić information content (AvgIpc) is 2.73. The lowest BCUT2D eigenvalue weighted by Crippen LogP contribution is -1.96. The number of hydrogen-bond acceptors (Lipinski definition) is 4. The number of benzene rings is 1. The highest BCUT2D eigenvalue weighted by Crippen LogP contribution is 2.26. The van der Waals surface area contributed by atoms with Crippen LogP contribution in [0.2, 0.25) is 0 Å². The Kier molecular flexibility index (Phi) is 2.78. The van der Waals surface area contributed by atoms with Crippen LogP contribution in [0.3, 0.4) is 0 Å². The van der Waals surface area contributed by atoms with E-state index in [1.165, 1.54) is 18.2 Å². The van der Waals surface area contributed by atoms with Crippen LogP contribution in [0, 0.1) is 5.82 Å². The minimum absolute atomic E-state index is 0.0710. The van der Waals surface area contributed by atoms with Crippen LogP contribution in [0.5, 0.6) is 0 Å². The van der Waals surface area contributed by atoms with E-state index in [0.717, 1.165) is 0 Å². The van der Waals surface area contributed by atoms with Crippen molar-refractivity contribution in [1.29, 1.82) is 0 Å². The van der Waals surface area contributed by atoms with Gasteiger partial charge in [0, 0.05) is 12.6 Å². The third-order valence-electron chi connectivity index (χ3n) is 2.13. The number of nitrogens with zero attached hydrogens (tertiary/aromatic N) is 1. The maximum atomic E-state index is 13.1. The van der Waals surface area contributed by atoms with E-state index < -0.39 is 11.8 Å². The maximum Gasteiger partial charge on any atom is 0.374 e. The molecule has 5 nitrogen and oxygen atoms in total. The van der Waals surface area contributed by atoms with E-state index >= 15 is 0 Å². The summed E-state index contributed by atoms with van der Waals surface area (Å²) >= 11 is 0. The highest BCUT2D eigenvalue weighted by molar-refractivity contribution is 5.92.